The third-order valence-electron chi connectivity index (χ3n) is 3.65. The summed E-state index contributed by atoms with van der Waals surface area (Å²) in [6.45, 7) is 2.86. The van der Waals surface area contributed by atoms with Crippen LogP contribution in [0.4, 0.5) is 0 Å². The molecule has 0 bridgehead atoms. The van der Waals surface area contributed by atoms with Gasteiger partial charge in [-0.1, -0.05) is 18.2 Å². The molecule has 16 heavy (non-hydrogen) atoms. The molecule has 84 valence electrons. The molecule has 3 rings (SSSR count). The van der Waals surface area contributed by atoms with E-state index < -0.39 is 0 Å². The number of amides is 1. The molecule has 0 aromatic heterocycles. The smallest absolute Gasteiger partial charge is 0.254 e. The van der Waals surface area contributed by atoms with Crippen LogP contribution in [0.1, 0.15) is 15.9 Å². The Kier molecular flexibility index (Phi) is 2.21. The third kappa shape index (κ3) is 1.43. The molecule has 1 amide bonds. The summed E-state index contributed by atoms with van der Waals surface area (Å²) < 4.78 is 0. The van der Waals surface area contributed by atoms with E-state index in [1.54, 1.807) is 0 Å². The summed E-state index contributed by atoms with van der Waals surface area (Å²) >= 11 is 0. The molecule has 1 aromatic rings. The fourth-order valence-corrected chi connectivity index (χ4v) is 2.77. The van der Waals surface area contributed by atoms with Gasteiger partial charge in [0.2, 0.25) is 0 Å². The van der Waals surface area contributed by atoms with Crippen molar-refractivity contribution < 1.29 is 4.79 Å². The van der Waals surface area contributed by atoms with Crippen molar-refractivity contribution in [2.24, 2.45) is 0 Å². The summed E-state index contributed by atoms with van der Waals surface area (Å²) in [6, 6.07) is 8.38. The van der Waals surface area contributed by atoms with Crippen molar-refractivity contribution in [2.75, 3.05) is 26.7 Å². The second-order valence-electron chi connectivity index (χ2n) is 4.78. The summed E-state index contributed by atoms with van der Waals surface area (Å²) in [7, 11) is 2.13. The summed E-state index contributed by atoms with van der Waals surface area (Å²) in [5.74, 6) is 0.222. The summed E-state index contributed by atoms with van der Waals surface area (Å²) in [4.78, 5) is 16.6. The van der Waals surface area contributed by atoms with E-state index >= 15 is 0 Å². The molecule has 0 radical (unpaired) electrons. The minimum absolute atomic E-state index is 0.222. The second kappa shape index (κ2) is 3.59. The number of piperazine rings is 1. The Morgan fingerprint density at radius 2 is 2.06 bits per heavy atom. The normalized spacial score (nSPS) is 25.2. The van der Waals surface area contributed by atoms with Crippen LogP contribution in [0.3, 0.4) is 0 Å². The zero-order chi connectivity index (χ0) is 11.1. The molecule has 0 spiro atoms. The van der Waals surface area contributed by atoms with E-state index in [2.05, 4.69) is 18.0 Å². The lowest BCUT2D eigenvalue weighted by atomic mass is 9.92. The molecule has 2 heterocycles. The molecule has 1 aromatic carbocycles. The Balaban J connectivity index is 1.97. The van der Waals surface area contributed by atoms with E-state index in [1.807, 2.05) is 23.1 Å². The predicted molar refractivity (Wildman–Crippen MR) is 62.5 cm³/mol. The molecule has 0 aliphatic carbocycles. The highest BCUT2D eigenvalue weighted by molar-refractivity contribution is 5.97. The van der Waals surface area contributed by atoms with Crippen molar-refractivity contribution >= 4 is 5.91 Å². The number of rotatable bonds is 0. The first-order chi connectivity index (χ1) is 7.75. The molecule has 3 nitrogen and oxygen atoms in total. The molecule has 1 atom stereocenters. The maximum Gasteiger partial charge on any atom is 0.254 e. The van der Waals surface area contributed by atoms with Gasteiger partial charge in [0.05, 0.1) is 0 Å². The standard InChI is InChI=1S/C13H16N2O/c1-14-6-7-15-11(9-14)8-10-4-2-3-5-12(10)13(15)16/h2-5,11H,6-9H2,1H3/t11-/m1/s1. The van der Waals surface area contributed by atoms with Gasteiger partial charge in [0.25, 0.3) is 5.91 Å². The number of hydrogen-bond donors (Lipinski definition) is 0. The van der Waals surface area contributed by atoms with Gasteiger partial charge in [-0.05, 0) is 25.1 Å². The van der Waals surface area contributed by atoms with E-state index in [4.69, 9.17) is 0 Å². The summed E-state index contributed by atoms with van der Waals surface area (Å²) in [5.41, 5.74) is 2.12. The topological polar surface area (TPSA) is 23.6 Å². The molecule has 3 heteroatoms. The Hall–Kier alpha value is -1.35. The fourth-order valence-electron chi connectivity index (χ4n) is 2.77. The van der Waals surface area contributed by atoms with Crippen LogP contribution in [-0.2, 0) is 6.42 Å². The van der Waals surface area contributed by atoms with E-state index in [1.165, 1.54) is 5.56 Å². The Morgan fingerprint density at radius 1 is 1.25 bits per heavy atom. The lowest BCUT2D eigenvalue weighted by molar-refractivity contribution is 0.0465. The number of benzene rings is 1. The van der Waals surface area contributed by atoms with Crippen molar-refractivity contribution in [3.05, 3.63) is 35.4 Å². The van der Waals surface area contributed by atoms with Crippen molar-refractivity contribution in [3.8, 4) is 0 Å². The number of nitrogens with zero attached hydrogens (tertiary/aromatic N) is 2. The average Bonchev–Trinajstić information content (AvgIpc) is 2.29. The number of carbonyl (C=O) groups is 1. The number of carbonyl (C=O) groups excluding carboxylic acids is 1. The molecular formula is C13H16N2O. The maximum absolute atomic E-state index is 12.3. The molecule has 1 saturated heterocycles. The lowest BCUT2D eigenvalue weighted by Gasteiger charge is -2.43. The van der Waals surface area contributed by atoms with Crippen LogP contribution in [0.5, 0.6) is 0 Å². The minimum Gasteiger partial charge on any atom is -0.333 e. The highest BCUT2D eigenvalue weighted by Gasteiger charge is 2.34. The summed E-state index contributed by atoms with van der Waals surface area (Å²) in [5, 5.41) is 0. The van der Waals surface area contributed by atoms with Crippen molar-refractivity contribution in [3.63, 3.8) is 0 Å². The third-order valence-corrected chi connectivity index (χ3v) is 3.65. The van der Waals surface area contributed by atoms with E-state index in [-0.39, 0.29) is 5.91 Å². The van der Waals surface area contributed by atoms with Gasteiger partial charge in [-0.3, -0.25) is 4.79 Å². The molecule has 0 saturated carbocycles. The predicted octanol–water partition coefficient (Wildman–Crippen LogP) is 0.999. The zero-order valence-corrected chi connectivity index (χ0v) is 9.52. The molecule has 1 fully saturated rings. The van der Waals surface area contributed by atoms with Crippen molar-refractivity contribution in [2.45, 2.75) is 12.5 Å². The van der Waals surface area contributed by atoms with Gasteiger partial charge < -0.3 is 9.80 Å². The Labute approximate surface area is 95.7 Å². The van der Waals surface area contributed by atoms with Gasteiger partial charge in [0.1, 0.15) is 0 Å². The Bertz CT molecular complexity index is 430. The second-order valence-corrected chi connectivity index (χ2v) is 4.78. The van der Waals surface area contributed by atoms with Crippen LogP contribution in [0.25, 0.3) is 0 Å². The van der Waals surface area contributed by atoms with E-state index in [9.17, 15) is 4.79 Å². The minimum atomic E-state index is 0.222. The zero-order valence-electron chi connectivity index (χ0n) is 9.52. The fraction of sp³-hybridized carbons (Fsp3) is 0.462. The van der Waals surface area contributed by atoms with E-state index in [0.717, 1.165) is 31.6 Å². The van der Waals surface area contributed by atoms with Crippen LogP contribution >= 0.6 is 0 Å². The van der Waals surface area contributed by atoms with Crippen LogP contribution in [0, 0.1) is 0 Å². The van der Waals surface area contributed by atoms with Gasteiger partial charge in [0.15, 0.2) is 0 Å². The summed E-state index contributed by atoms with van der Waals surface area (Å²) in [6.07, 6.45) is 1.01. The monoisotopic (exact) mass is 216 g/mol. The Morgan fingerprint density at radius 3 is 2.94 bits per heavy atom. The van der Waals surface area contributed by atoms with Crippen molar-refractivity contribution in [1.29, 1.82) is 0 Å². The maximum atomic E-state index is 12.3. The highest BCUT2D eigenvalue weighted by Crippen LogP contribution is 2.25. The van der Waals surface area contributed by atoms with Crippen LogP contribution < -0.4 is 0 Å². The van der Waals surface area contributed by atoms with Gasteiger partial charge in [-0.2, -0.15) is 0 Å². The van der Waals surface area contributed by atoms with E-state index in [0.29, 0.717) is 6.04 Å². The molecule has 2 aliphatic rings. The first-order valence-corrected chi connectivity index (χ1v) is 5.83. The van der Waals surface area contributed by atoms with Gasteiger partial charge in [-0.25, -0.2) is 0 Å². The molecule has 0 unspecified atom stereocenters. The first-order valence-electron chi connectivity index (χ1n) is 5.83. The van der Waals surface area contributed by atoms with Gasteiger partial charge >= 0.3 is 0 Å². The number of likely N-dealkylation sites (N-methyl/N-ethyl adjacent to an activating group) is 1. The highest BCUT2D eigenvalue weighted by atomic mass is 16.2. The van der Waals surface area contributed by atoms with Crippen molar-refractivity contribution in [1.82, 2.24) is 9.80 Å². The number of fused-ring (bicyclic) bond motifs is 2. The quantitative estimate of drug-likeness (QED) is 0.646. The van der Waals surface area contributed by atoms with Crippen LogP contribution in [0.2, 0.25) is 0 Å². The average molecular weight is 216 g/mol. The first kappa shape index (κ1) is 9.85. The SMILES string of the molecule is CN1CCN2C(=O)c3ccccc3C[C@@H]2C1. The largest absolute Gasteiger partial charge is 0.333 e. The van der Waals surface area contributed by atoms with Crippen LogP contribution in [0.15, 0.2) is 24.3 Å². The lowest BCUT2D eigenvalue weighted by Crippen LogP contribution is -2.57. The molecule has 0 N–H and O–H groups in total. The molecular weight excluding hydrogens is 200 g/mol. The van der Waals surface area contributed by atoms with Crippen LogP contribution in [-0.4, -0.2) is 48.4 Å². The van der Waals surface area contributed by atoms with Gasteiger partial charge in [-0.15, -0.1) is 0 Å². The van der Waals surface area contributed by atoms with Gasteiger partial charge in [0, 0.05) is 31.2 Å². The number of hydrogen-bond acceptors (Lipinski definition) is 2. The molecule has 2 aliphatic heterocycles.